The number of fused-ring (bicyclic) bond motifs is 5. The Morgan fingerprint density at radius 1 is 0.889 bits per heavy atom. The summed E-state index contributed by atoms with van der Waals surface area (Å²) in [6.45, 7) is 0. The van der Waals surface area contributed by atoms with E-state index < -0.39 is 4.92 Å². The summed E-state index contributed by atoms with van der Waals surface area (Å²) in [5, 5.41) is 10.8. The molecule has 0 aromatic heterocycles. The summed E-state index contributed by atoms with van der Waals surface area (Å²) in [6.07, 6.45) is 10.1. The number of hydrogen-bond donors (Lipinski definition) is 0. The Balaban J connectivity index is 1.48. The molecule has 4 atom stereocenters. The van der Waals surface area contributed by atoms with Gasteiger partial charge >= 0.3 is 0 Å². The summed E-state index contributed by atoms with van der Waals surface area (Å²) in [4.78, 5) is 37.9. The lowest BCUT2D eigenvalue weighted by Gasteiger charge is -2.23. The molecule has 0 N–H and O–H groups in total. The van der Waals surface area contributed by atoms with Crippen molar-refractivity contribution in [3.63, 3.8) is 0 Å². The van der Waals surface area contributed by atoms with E-state index in [2.05, 4.69) is 12.2 Å². The molecule has 1 saturated heterocycles. The molecule has 138 valence electrons. The van der Waals surface area contributed by atoms with Crippen LogP contribution in [0.4, 0.5) is 11.4 Å². The van der Waals surface area contributed by atoms with Crippen LogP contribution in [0.25, 0.3) is 0 Å². The number of carbonyl (C=O) groups excluding carboxylic acids is 2. The summed E-state index contributed by atoms with van der Waals surface area (Å²) >= 11 is 0. The van der Waals surface area contributed by atoms with Crippen molar-refractivity contribution in [3.8, 4) is 0 Å². The quantitative estimate of drug-likeness (QED) is 0.346. The van der Waals surface area contributed by atoms with E-state index in [0.29, 0.717) is 5.69 Å². The highest BCUT2D eigenvalue weighted by Gasteiger charge is 2.62. The number of amides is 2. The average molecular weight is 364 g/mol. The van der Waals surface area contributed by atoms with Crippen LogP contribution in [0.2, 0.25) is 0 Å². The third-order valence-electron chi connectivity index (χ3n) is 6.60. The van der Waals surface area contributed by atoms with Crippen molar-refractivity contribution in [1.82, 2.24) is 0 Å². The van der Waals surface area contributed by atoms with Gasteiger partial charge in [0.05, 0.1) is 22.4 Å². The lowest BCUT2D eigenvalue weighted by molar-refractivity contribution is -0.384. The molecule has 0 unspecified atom stereocenters. The minimum absolute atomic E-state index is 0.0487. The first-order valence-electron chi connectivity index (χ1n) is 9.60. The summed E-state index contributed by atoms with van der Waals surface area (Å²) < 4.78 is 0. The summed E-state index contributed by atoms with van der Waals surface area (Å²) in [5.74, 6) is -0.853. The van der Waals surface area contributed by atoms with Crippen LogP contribution >= 0.6 is 0 Å². The highest BCUT2D eigenvalue weighted by atomic mass is 16.6. The molecule has 2 amide bonds. The van der Waals surface area contributed by atoms with Crippen LogP contribution in [0.3, 0.4) is 0 Å². The molecule has 0 spiro atoms. The lowest BCUT2D eigenvalue weighted by atomic mass is 9.85. The van der Waals surface area contributed by atoms with Crippen LogP contribution in [0, 0.1) is 33.8 Å². The van der Waals surface area contributed by atoms with E-state index in [9.17, 15) is 19.7 Å². The van der Waals surface area contributed by atoms with Crippen molar-refractivity contribution in [3.05, 3.63) is 57.7 Å². The second kappa shape index (κ2) is 5.87. The predicted molar refractivity (Wildman–Crippen MR) is 98.8 cm³/mol. The Labute approximate surface area is 156 Å². The standard InChI is InChI=1S/C21H20N2O4/c24-20-18-15-10-11-16(17(15)12-4-2-1-3-5-12)19(18)21(25)22(20)13-6-8-14(9-7-13)23(26)27/h6-11,15-16,18-19H,1-5H2/t15-,16-,18+,19+/m1/s1. The molecule has 3 fully saturated rings. The first-order chi connectivity index (χ1) is 13.1. The van der Waals surface area contributed by atoms with Crippen LogP contribution in [0.15, 0.2) is 47.6 Å². The number of nitro groups is 1. The van der Waals surface area contributed by atoms with E-state index in [-0.39, 0.29) is 41.2 Å². The van der Waals surface area contributed by atoms with Crippen LogP contribution < -0.4 is 4.90 Å². The molecule has 1 heterocycles. The summed E-state index contributed by atoms with van der Waals surface area (Å²) in [6, 6.07) is 5.66. The number of allylic oxidation sites excluding steroid dienone is 4. The zero-order valence-corrected chi connectivity index (χ0v) is 14.8. The fourth-order valence-electron chi connectivity index (χ4n) is 5.48. The van der Waals surface area contributed by atoms with Crippen LogP contribution in [-0.4, -0.2) is 16.7 Å². The van der Waals surface area contributed by atoms with Gasteiger partial charge in [-0.25, -0.2) is 4.90 Å². The van der Waals surface area contributed by atoms with Gasteiger partial charge < -0.3 is 0 Å². The molecule has 4 aliphatic rings. The van der Waals surface area contributed by atoms with Crippen LogP contribution in [0.1, 0.15) is 32.1 Å². The first kappa shape index (κ1) is 16.4. The molecule has 2 saturated carbocycles. The molecule has 3 aliphatic carbocycles. The number of anilines is 1. The minimum atomic E-state index is -0.487. The molecule has 6 heteroatoms. The van der Waals surface area contributed by atoms with Crippen molar-refractivity contribution in [2.45, 2.75) is 32.1 Å². The number of rotatable bonds is 2. The van der Waals surface area contributed by atoms with Crippen molar-refractivity contribution >= 4 is 23.2 Å². The second-order valence-corrected chi connectivity index (χ2v) is 7.89. The van der Waals surface area contributed by atoms with E-state index in [4.69, 9.17) is 0 Å². The van der Waals surface area contributed by atoms with E-state index >= 15 is 0 Å². The van der Waals surface area contributed by atoms with Crippen molar-refractivity contribution < 1.29 is 14.5 Å². The number of imide groups is 1. The molecule has 1 aromatic carbocycles. The van der Waals surface area contributed by atoms with Crippen LogP contribution in [0.5, 0.6) is 0 Å². The maximum atomic E-state index is 13.1. The topological polar surface area (TPSA) is 80.5 Å². The Bertz CT molecular complexity index is 873. The molecule has 1 aromatic rings. The first-order valence-corrected chi connectivity index (χ1v) is 9.60. The normalized spacial score (nSPS) is 31.8. The molecular formula is C21H20N2O4. The van der Waals surface area contributed by atoms with Gasteiger partial charge in [-0.2, -0.15) is 0 Å². The SMILES string of the molecule is O=C1[C@@H]2[C@@H](C(=O)N1c1ccc([N+](=O)[O-])cc1)[C@@H]1C=C[C@@H]2C1=C1CCCCC1. The smallest absolute Gasteiger partial charge is 0.269 e. The van der Waals surface area contributed by atoms with Gasteiger partial charge in [-0.1, -0.05) is 29.7 Å². The highest BCUT2D eigenvalue weighted by Crippen LogP contribution is 2.58. The molecule has 2 bridgehead atoms. The van der Waals surface area contributed by atoms with Crippen LogP contribution in [-0.2, 0) is 9.59 Å². The number of benzene rings is 1. The average Bonchev–Trinajstić information content (AvgIpc) is 3.32. The molecular weight excluding hydrogens is 344 g/mol. The number of nitro benzene ring substituents is 1. The number of carbonyl (C=O) groups is 2. The Morgan fingerprint density at radius 2 is 1.44 bits per heavy atom. The molecule has 27 heavy (non-hydrogen) atoms. The molecule has 5 rings (SSSR count). The van der Waals surface area contributed by atoms with Gasteiger partial charge in [0.1, 0.15) is 0 Å². The highest BCUT2D eigenvalue weighted by molar-refractivity contribution is 6.23. The van der Waals surface area contributed by atoms with Crippen molar-refractivity contribution in [1.29, 1.82) is 0 Å². The lowest BCUT2D eigenvalue weighted by Crippen LogP contribution is -2.33. The largest absolute Gasteiger partial charge is 0.274 e. The fraction of sp³-hybridized carbons (Fsp3) is 0.429. The predicted octanol–water partition coefficient (Wildman–Crippen LogP) is 3.78. The molecule has 6 nitrogen and oxygen atoms in total. The Kier molecular flexibility index (Phi) is 3.57. The Hall–Kier alpha value is -2.76. The second-order valence-electron chi connectivity index (χ2n) is 7.89. The van der Waals surface area contributed by atoms with Gasteiger partial charge in [0.25, 0.3) is 5.69 Å². The van der Waals surface area contributed by atoms with Gasteiger partial charge in [-0.3, -0.25) is 19.7 Å². The maximum absolute atomic E-state index is 13.1. The monoisotopic (exact) mass is 364 g/mol. The zero-order valence-electron chi connectivity index (χ0n) is 14.8. The van der Waals surface area contributed by atoms with Gasteiger partial charge in [0.2, 0.25) is 11.8 Å². The molecule has 0 radical (unpaired) electrons. The fourth-order valence-corrected chi connectivity index (χ4v) is 5.48. The minimum Gasteiger partial charge on any atom is -0.274 e. The van der Waals surface area contributed by atoms with Gasteiger partial charge in [-0.15, -0.1) is 0 Å². The molecule has 1 aliphatic heterocycles. The van der Waals surface area contributed by atoms with Crippen molar-refractivity contribution in [2.24, 2.45) is 23.7 Å². The zero-order chi connectivity index (χ0) is 18.7. The number of non-ortho nitro benzene ring substituents is 1. The summed E-state index contributed by atoms with van der Waals surface area (Å²) in [5.41, 5.74) is 3.19. The van der Waals surface area contributed by atoms with E-state index in [1.807, 2.05) is 0 Å². The van der Waals surface area contributed by atoms with E-state index in [1.165, 1.54) is 59.6 Å². The third kappa shape index (κ3) is 2.25. The number of hydrogen-bond acceptors (Lipinski definition) is 4. The van der Waals surface area contributed by atoms with E-state index in [1.54, 1.807) is 0 Å². The van der Waals surface area contributed by atoms with E-state index in [0.717, 1.165) is 12.8 Å². The van der Waals surface area contributed by atoms with Gasteiger partial charge in [0.15, 0.2) is 0 Å². The van der Waals surface area contributed by atoms with Crippen molar-refractivity contribution in [2.75, 3.05) is 4.90 Å². The Morgan fingerprint density at radius 3 is 1.96 bits per heavy atom. The maximum Gasteiger partial charge on any atom is 0.269 e. The summed E-state index contributed by atoms with van der Waals surface area (Å²) in [7, 11) is 0. The third-order valence-corrected chi connectivity index (χ3v) is 6.60. The number of nitrogens with zero attached hydrogens (tertiary/aromatic N) is 2. The van der Waals surface area contributed by atoms with Gasteiger partial charge in [0, 0.05) is 24.0 Å². The van der Waals surface area contributed by atoms with Gasteiger partial charge in [-0.05, 0) is 37.8 Å².